The van der Waals surface area contributed by atoms with Crippen LogP contribution in [0.1, 0.15) is 44.9 Å². The number of sulfonamides is 1. The summed E-state index contributed by atoms with van der Waals surface area (Å²) in [4.78, 5) is 13.1. The monoisotopic (exact) mass is 384 g/mol. The highest BCUT2D eigenvalue weighted by atomic mass is 32.2. The van der Waals surface area contributed by atoms with Crippen LogP contribution in [-0.2, 0) is 14.8 Å². The molecule has 5 rings (SSSR count). The van der Waals surface area contributed by atoms with Crippen molar-refractivity contribution in [3.63, 3.8) is 0 Å². The maximum atomic E-state index is 13.7. The maximum absolute atomic E-state index is 13.7. The Bertz CT molecular complexity index is 785. The van der Waals surface area contributed by atoms with Crippen LogP contribution in [0.5, 0.6) is 0 Å². The quantitative estimate of drug-likeness (QED) is 0.767. The van der Waals surface area contributed by atoms with E-state index in [0.717, 1.165) is 37.5 Å². The second-order valence-corrected chi connectivity index (χ2v) is 9.92. The Kier molecular flexibility index (Phi) is 4.30. The number of hydrogen-bond acceptors (Lipinski definition) is 3. The van der Waals surface area contributed by atoms with Crippen molar-refractivity contribution in [3.8, 4) is 0 Å². The van der Waals surface area contributed by atoms with Gasteiger partial charge in [0.1, 0.15) is 11.6 Å². The summed E-state index contributed by atoms with van der Waals surface area (Å²) in [6, 6.07) is 2.79. The molecular weight excluding hydrogens is 362 g/mol. The Morgan fingerprint density at radius 3 is 2.04 bits per heavy atom. The van der Waals surface area contributed by atoms with Crippen LogP contribution < -0.4 is 10.3 Å². The molecule has 4 aliphatic rings. The van der Waals surface area contributed by atoms with Gasteiger partial charge in [0.2, 0.25) is 5.91 Å². The molecule has 142 valence electrons. The van der Waals surface area contributed by atoms with Crippen molar-refractivity contribution in [2.75, 3.05) is 0 Å². The van der Waals surface area contributed by atoms with E-state index < -0.39 is 32.5 Å². The Morgan fingerprint density at radius 2 is 1.54 bits per heavy atom. The summed E-state index contributed by atoms with van der Waals surface area (Å²) >= 11 is 0. The number of hydrazine groups is 1. The Balaban J connectivity index is 1.41. The van der Waals surface area contributed by atoms with Gasteiger partial charge in [0, 0.05) is 6.42 Å². The number of hydrogen-bond donors (Lipinski definition) is 2. The predicted octanol–water partition coefficient (Wildman–Crippen LogP) is 2.88. The van der Waals surface area contributed by atoms with Crippen LogP contribution in [0.2, 0.25) is 0 Å². The van der Waals surface area contributed by atoms with Gasteiger partial charge in [-0.05, 0) is 73.8 Å². The van der Waals surface area contributed by atoms with Gasteiger partial charge in [0.25, 0.3) is 10.0 Å². The third-order valence-electron chi connectivity index (χ3n) is 6.21. The Hall–Kier alpha value is -1.54. The molecule has 1 aromatic rings. The second kappa shape index (κ2) is 6.27. The van der Waals surface area contributed by atoms with E-state index in [1.165, 1.54) is 19.3 Å². The van der Waals surface area contributed by atoms with Gasteiger partial charge in [-0.25, -0.2) is 17.2 Å². The zero-order chi connectivity index (χ0) is 18.5. The fourth-order valence-electron chi connectivity index (χ4n) is 5.81. The Labute approximate surface area is 151 Å². The number of benzene rings is 1. The lowest BCUT2D eigenvalue weighted by atomic mass is 9.49. The van der Waals surface area contributed by atoms with E-state index in [4.69, 9.17) is 0 Å². The van der Waals surface area contributed by atoms with Crippen molar-refractivity contribution in [2.45, 2.75) is 49.8 Å². The molecule has 0 heterocycles. The van der Waals surface area contributed by atoms with E-state index in [1.807, 2.05) is 4.83 Å². The number of amides is 1. The number of halogens is 2. The number of carbonyl (C=O) groups excluding carboxylic acids is 1. The lowest BCUT2D eigenvalue weighted by molar-refractivity contribution is -0.129. The largest absolute Gasteiger partial charge is 0.278 e. The molecule has 4 fully saturated rings. The minimum Gasteiger partial charge on any atom is -0.278 e. The van der Waals surface area contributed by atoms with Crippen molar-refractivity contribution < 1.29 is 22.0 Å². The zero-order valence-corrected chi connectivity index (χ0v) is 15.1. The van der Waals surface area contributed by atoms with Crippen molar-refractivity contribution in [1.82, 2.24) is 10.3 Å². The summed E-state index contributed by atoms with van der Waals surface area (Å²) in [7, 11) is -4.51. The third-order valence-corrected chi connectivity index (χ3v) is 7.51. The summed E-state index contributed by atoms with van der Waals surface area (Å²) in [6.07, 6.45) is 7.04. The van der Waals surface area contributed by atoms with Gasteiger partial charge in [-0.15, -0.1) is 4.83 Å². The first-order chi connectivity index (χ1) is 12.3. The second-order valence-electron chi connectivity index (χ2n) is 8.30. The van der Waals surface area contributed by atoms with Crippen LogP contribution in [0, 0.1) is 34.8 Å². The van der Waals surface area contributed by atoms with Crippen LogP contribution in [0.25, 0.3) is 0 Å². The van der Waals surface area contributed by atoms with Crippen molar-refractivity contribution in [2.24, 2.45) is 23.2 Å². The summed E-state index contributed by atoms with van der Waals surface area (Å²) < 4.78 is 51.6. The highest BCUT2D eigenvalue weighted by Crippen LogP contribution is 2.61. The fourth-order valence-corrected chi connectivity index (χ4v) is 6.81. The summed E-state index contributed by atoms with van der Waals surface area (Å²) in [5.41, 5.74) is 2.09. The number of carbonyl (C=O) groups is 1. The van der Waals surface area contributed by atoms with Gasteiger partial charge in [-0.3, -0.25) is 10.2 Å². The lowest BCUT2D eigenvalue weighted by Crippen LogP contribution is -2.50. The molecule has 4 aliphatic carbocycles. The molecule has 1 aromatic carbocycles. The van der Waals surface area contributed by atoms with Gasteiger partial charge in [0.15, 0.2) is 4.90 Å². The minimum atomic E-state index is -4.51. The van der Waals surface area contributed by atoms with E-state index in [9.17, 15) is 22.0 Å². The smallest absolute Gasteiger partial charge is 0.263 e. The van der Waals surface area contributed by atoms with Gasteiger partial charge in [0.05, 0.1) is 0 Å². The first kappa shape index (κ1) is 17.9. The molecule has 5 nitrogen and oxygen atoms in total. The van der Waals surface area contributed by atoms with Crippen molar-refractivity contribution in [1.29, 1.82) is 0 Å². The van der Waals surface area contributed by atoms with Crippen molar-refractivity contribution in [3.05, 3.63) is 29.8 Å². The molecule has 1 amide bonds. The summed E-state index contributed by atoms with van der Waals surface area (Å²) in [5, 5.41) is 0. The lowest BCUT2D eigenvalue weighted by Gasteiger charge is -2.56. The highest BCUT2D eigenvalue weighted by molar-refractivity contribution is 7.89. The first-order valence-electron chi connectivity index (χ1n) is 9.01. The van der Waals surface area contributed by atoms with Crippen LogP contribution in [0.3, 0.4) is 0 Å². The molecule has 0 atom stereocenters. The molecule has 4 saturated carbocycles. The van der Waals surface area contributed by atoms with Gasteiger partial charge >= 0.3 is 0 Å². The summed E-state index contributed by atoms with van der Waals surface area (Å²) in [5.74, 6) is -0.817. The van der Waals surface area contributed by atoms with Crippen LogP contribution in [-0.4, -0.2) is 14.3 Å². The number of nitrogens with one attached hydrogen (secondary N) is 2. The molecule has 2 N–H and O–H groups in total. The fraction of sp³-hybridized carbons (Fsp3) is 0.611. The van der Waals surface area contributed by atoms with E-state index in [1.54, 1.807) is 0 Å². The Morgan fingerprint density at radius 1 is 1.04 bits per heavy atom. The molecular formula is C18H22F2N2O3S. The predicted molar refractivity (Wildman–Crippen MR) is 90.0 cm³/mol. The minimum absolute atomic E-state index is 0.0481. The van der Waals surface area contributed by atoms with Gasteiger partial charge in [-0.2, -0.15) is 0 Å². The molecule has 0 spiro atoms. The van der Waals surface area contributed by atoms with Gasteiger partial charge < -0.3 is 0 Å². The molecule has 0 aliphatic heterocycles. The van der Waals surface area contributed by atoms with Gasteiger partial charge in [-0.1, -0.05) is 6.07 Å². The molecule has 0 unspecified atom stereocenters. The molecule has 8 heteroatoms. The van der Waals surface area contributed by atoms with E-state index in [-0.39, 0.29) is 11.8 Å². The average molecular weight is 384 g/mol. The maximum Gasteiger partial charge on any atom is 0.263 e. The standard InChI is InChI=1S/C18H22F2N2O3S/c19-14-2-1-3-15(20)17(14)26(24,25)22-21-16(23)10-18-7-11-4-12(8-18)6-13(5-11)9-18/h1-3,11-13,22H,4-10H2,(H,21,23). The molecule has 26 heavy (non-hydrogen) atoms. The van der Waals surface area contributed by atoms with E-state index >= 15 is 0 Å². The first-order valence-corrected chi connectivity index (χ1v) is 10.5. The van der Waals surface area contributed by atoms with Crippen LogP contribution in [0.4, 0.5) is 8.78 Å². The molecule has 0 aromatic heterocycles. The van der Waals surface area contributed by atoms with Crippen LogP contribution >= 0.6 is 0 Å². The SMILES string of the molecule is O=C(CC12CC3CC(CC(C3)C1)C2)NNS(=O)(=O)c1c(F)cccc1F. The molecule has 0 radical (unpaired) electrons. The molecule has 0 saturated heterocycles. The van der Waals surface area contributed by atoms with E-state index in [0.29, 0.717) is 17.8 Å². The third kappa shape index (κ3) is 3.24. The highest BCUT2D eigenvalue weighted by Gasteiger charge is 2.51. The summed E-state index contributed by atoms with van der Waals surface area (Å²) in [6.45, 7) is 0. The normalized spacial score (nSPS) is 32.6. The topological polar surface area (TPSA) is 75.3 Å². The van der Waals surface area contributed by atoms with E-state index in [2.05, 4.69) is 5.43 Å². The van der Waals surface area contributed by atoms with Crippen molar-refractivity contribution >= 4 is 15.9 Å². The van der Waals surface area contributed by atoms with Crippen LogP contribution in [0.15, 0.2) is 23.1 Å². The molecule has 4 bridgehead atoms. The number of rotatable bonds is 5. The zero-order valence-electron chi connectivity index (χ0n) is 14.3. The average Bonchev–Trinajstić information content (AvgIpc) is 2.51.